The second kappa shape index (κ2) is 15.9. The molecular weight excluding hydrogens is 735 g/mol. The summed E-state index contributed by atoms with van der Waals surface area (Å²) in [5, 5.41) is 21.8. The van der Waals surface area contributed by atoms with E-state index in [0.717, 1.165) is 28.5 Å². The zero-order valence-corrected chi connectivity index (χ0v) is 31.6. The first-order valence-corrected chi connectivity index (χ1v) is 19.7. The second-order valence-electron chi connectivity index (χ2n) is 13.7. The lowest BCUT2D eigenvalue weighted by Crippen LogP contribution is -2.44. The fourth-order valence-electron chi connectivity index (χ4n) is 6.32. The van der Waals surface area contributed by atoms with Crippen LogP contribution < -0.4 is 16.8 Å². The molecule has 0 spiro atoms. The first kappa shape index (κ1) is 39.5. The van der Waals surface area contributed by atoms with Crippen molar-refractivity contribution in [2.24, 2.45) is 10.9 Å². The number of carbonyl (C=O) groups excluding carboxylic acids is 1. The molecule has 5 aromatic rings. The number of carbonyl (C=O) groups is 1. The average Bonchev–Trinajstić information content (AvgIpc) is 3.67. The number of nitrogen functional groups attached to an aromatic ring is 1. The van der Waals surface area contributed by atoms with Crippen molar-refractivity contribution in [3.63, 3.8) is 0 Å². The molecule has 286 valence electrons. The third-order valence-corrected chi connectivity index (χ3v) is 11.4. The van der Waals surface area contributed by atoms with Gasteiger partial charge in [0.05, 0.1) is 31.6 Å². The summed E-state index contributed by atoms with van der Waals surface area (Å²) in [6, 6.07) is 29.6. The highest BCUT2D eigenvalue weighted by molar-refractivity contribution is 8.13. The molecule has 1 aliphatic rings. The molecule has 0 aliphatic carbocycles. The van der Waals surface area contributed by atoms with Crippen LogP contribution in [0.2, 0.25) is 0 Å². The Labute approximate surface area is 315 Å². The minimum Gasteiger partial charge on any atom is -0.387 e. The highest BCUT2D eigenvalue weighted by atomic mass is 32.2. The van der Waals surface area contributed by atoms with Crippen LogP contribution in [-0.4, -0.2) is 78.2 Å². The number of hydrogen-bond donors (Lipinski definition) is 5. The number of anilines is 1. The van der Waals surface area contributed by atoms with E-state index in [1.807, 2.05) is 91.0 Å². The number of aromatic amines is 1. The van der Waals surface area contributed by atoms with Crippen LogP contribution >= 0.6 is 19.5 Å². The molecule has 17 heteroatoms. The fraction of sp³-hybridized carbons (Fsp3) is 0.351. The molecule has 0 radical (unpaired) electrons. The number of H-pyrrole nitrogens is 1. The van der Waals surface area contributed by atoms with E-state index >= 15 is 0 Å². The minimum absolute atomic E-state index is 0.0211. The maximum absolute atomic E-state index is 13.6. The molecule has 54 heavy (non-hydrogen) atoms. The Hall–Kier alpha value is -4.22. The molecule has 3 heterocycles. The number of benzene rings is 3. The number of ether oxygens (including phenoxy) is 2. The van der Waals surface area contributed by atoms with Gasteiger partial charge in [-0.3, -0.25) is 28.2 Å². The summed E-state index contributed by atoms with van der Waals surface area (Å²) in [4.78, 5) is 36.2. The Morgan fingerprint density at radius 2 is 1.57 bits per heavy atom. The fourth-order valence-corrected chi connectivity index (χ4v) is 8.02. The average molecular weight is 779 g/mol. The number of nitrogens with two attached hydrogens (primary N) is 2. The molecule has 5 atom stereocenters. The number of rotatable bonds is 15. The number of hydrogen-bond acceptors (Lipinski definition) is 13. The van der Waals surface area contributed by atoms with Gasteiger partial charge in [-0.25, -0.2) is 15.1 Å². The predicted molar refractivity (Wildman–Crippen MR) is 203 cm³/mol. The molecule has 2 aromatic heterocycles. The van der Waals surface area contributed by atoms with Gasteiger partial charge in [-0.05, 0) is 37.5 Å². The molecule has 7 N–H and O–H groups in total. The Bertz CT molecular complexity index is 2070. The van der Waals surface area contributed by atoms with E-state index in [9.17, 15) is 24.4 Å². The van der Waals surface area contributed by atoms with Gasteiger partial charge in [0.2, 0.25) is 5.95 Å². The quantitative estimate of drug-likeness (QED) is 0.0573. The van der Waals surface area contributed by atoms with Crippen LogP contribution in [0.4, 0.5) is 5.95 Å². The van der Waals surface area contributed by atoms with Gasteiger partial charge < -0.3 is 25.4 Å². The van der Waals surface area contributed by atoms with Crippen LogP contribution in [0, 0.1) is 5.41 Å². The van der Waals surface area contributed by atoms with E-state index < -0.39 is 55.0 Å². The van der Waals surface area contributed by atoms with Crippen LogP contribution in [0.1, 0.15) is 43.7 Å². The van der Waals surface area contributed by atoms with Crippen molar-refractivity contribution in [3.8, 4) is 0 Å². The Morgan fingerprint density at radius 3 is 2.13 bits per heavy atom. The topological polar surface area (TPSA) is 227 Å². The molecule has 0 bridgehead atoms. The van der Waals surface area contributed by atoms with Crippen LogP contribution in [0.25, 0.3) is 11.2 Å². The van der Waals surface area contributed by atoms with Gasteiger partial charge in [-0.1, -0.05) is 103 Å². The van der Waals surface area contributed by atoms with E-state index in [-0.39, 0.29) is 41.2 Å². The second-order valence-corrected chi connectivity index (χ2v) is 16.4. The van der Waals surface area contributed by atoms with Crippen molar-refractivity contribution in [1.29, 1.82) is 0 Å². The molecule has 3 aromatic carbocycles. The maximum atomic E-state index is 13.6. The number of nitrogens with one attached hydrogen (secondary N) is 1. The zero-order chi connectivity index (χ0) is 38.7. The molecule has 0 amide bonds. The highest BCUT2D eigenvalue weighted by Crippen LogP contribution is 2.45. The molecule has 6 rings (SSSR count). The van der Waals surface area contributed by atoms with Crippen molar-refractivity contribution < 1.29 is 38.1 Å². The van der Waals surface area contributed by atoms with Gasteiger partial charge in [-0.2, -0.15) is 4.98 Å². The van der Waals surface area contributed by atoms with E-state index in [1.165, 1.54) is 17.8 Å². The zero-order valence-electron chi connectivity index (χ0n) is 29.9. The number of imidazole rings is 1. The summed E-state index contributed by atoms with van der Waals surface area (Å²) >= 11 is 0.985. The molecule has 15 nitrogen and oxygen atoms in total. The molecular formula is C37H43N6O9PS. The molecule has 1 saturated heterocycles. The Morgan fingerprint density at radius 1 is 1.02 bits per heavy atom. The summed E-state index contributed by atoms with van der Waals surface area (Å²) in [7, 11) is -4.20. The monoisotopic (exact) mass is 778 g/mol. The van der Waals surface area contributed by atoms with Crippen molar-refractivity contribution in [2.45, 2.75) is 50.4 Å². The van der Waals surface area contributed by atoms with Gasteiger partial charge in [0.15, 0.2) is 22.5 Å². The van der Waals surface area contributed by atoms with Crippen molar-refractivity contribution in [1.82, 2.24) is 19.5 Å². The van der Waals surface area contributed by atoms with Gasteiger partial charge >= 0.3 is 7.75 Å². The summed E-state index contributed by atoms with van der Waals surface area (Å²) < 4.78 is 37.7. The minimum atomic E-state index is -4.20. The number of nitrogens with zero attached hydrogens (tertiary/aromatic N) is 3. The van der Waals surface area contributed by atoms with Gasteiger partial charge in [-0.15, -0.1) is 0 Å². The summed E-state index contributed by atoms with van der Waals surface area (Å²) in [5.41, 5.74) is 9.75. The summed E-state index contributed by atoms with van der Waals surface area (Å²) in [6.07, 6.45) is -2.81. The van der Waals surface area contributed by atoms with E-state index in [2.05, 4.69) is 15.0 Å². The van der Waals surface area contributed by atoms with Crippen molar-refractivity contribution >= 4 is 41.7 Å². The number of fused-ring (bicyclic) bond motifs is 1. The third kappa shape index (κ3) is 8.08. The number of aliphatic hydroxyl groups excluding tert-OH is 1. The summed E-state index contributed by atoms with van der Waals surface area (Å²) in [6.45, 7) is 4.27. The number of thioether (sulfide) groups is 1. The normalized spacial score (nSPS) is 21.6. The van der Waals surface area contributed by atoms with Gasteiger partial charge in [0.1, 0.15) is 23.4 Å². The molecule has 1 aliphatic heterocycles. The largest absolute Gasteiger partial charge is 0.402 e. The number of aromatic nitrogens is 4. The van der Waals surface area contributed by atoms with Gasteiger partial charge in [0.25, 0.3) is 5.56 Å². The van der Waals surface area contributed by atoms with Crippen LogP contribution in [0.5, 0.6) is 0 Å². The van der Waals surface area contributed by atoms with Crippen LogP contribution in [-0.2, 0) is 33.5 Å². The maximum Gasteiger partial charge on any atom is 0.402 e. The first-order valence-electron chi connectivity index (χ1n) is 17.1. The Kier molecular flexibility index (Phi) is 11.6. The van der Waals surface area contributed by atoms with E-state index in [1.54, 1.807) is 13.8 Å². The standard InChI is InChI=1S/C37H43N6O9PS/c1-35(2,22-49-37(24-13-7-4-8-14-24,25-15-9-5-10-16-25)26-17-11-6-12-18-26)33(46)54-20-19-50-53(39,48)51-21-27-29(44)36(3,47)32(52-27)43-23-40-28-30(43)41-34(38)42-31(28)45/h4-18,23,27,29,32,44,47H,19-22H2,1-3H3,(H2,39,48)(H3,38,41,42,45)/t27-,29+,32-,36?,53?/m1/s1. The Balaban J connectivity index is 1.05. The van der Waals surface area contributed by atoms with E-state index in [4.69, 9.17) is 29.8 Å². The third-order valence-electron chi connectivity index (χ3n) is 9.21. The summed E-state index contributed by atoms with van der Waals surface area (Å²) in [5.74, 6) is -0.0717. The van der Waals surface area contributed by atoms with E-state index in [0.29, 0.717) is 0 Å². The lowest BCUT2D eigenvalue weighted by molar-refractivity contribution is -0.124. The van der Waals surface area contributed by atoms with Crippen LogP contribution in [0.3, 0.4) is 0 Å². The lowest BCUT2D eigenvalue weighted by atomic mass is 9.79. The predicted octanol–water partition coefficient (Wildman–Crippen LogP) is 4.11. The highest BCUT2D eigenvalue weighted by Gasteiger charge is 2.54. The first-order chi connectivity index (χ1) is 25.7. The molecule has 2 unspecified atom stereocenters. The smallest absolute Gasteiger partial charge is 0.387 e. The van der Waals surface area contributed by atoms with Crippen molar-refractivity contribution in [2.75, 3.05) is 31.3 Å². The number of aliphatic hydroxyl groups is 2. The molecule has 0 saturated carbocycles. The SMILES string of the molecule is CC(C)(COC(c1ccccc1)(c1ccccc1)c1ccccc1)C(=O)SCCOP(N)(=O)OC[C@H]1O[C@@H](n2cnc3c(=O)[nH]c(N)nc32)C(C)(O)[C@H]1O. The van der Waals surface area contributed by atoms with Gasteiger partial charge in [0, 0.05) is 5.75 Å². The molecule has 1 fully saturated rings. The lowest BCUT2D eigenvalue weighted by Gasteiger charge is -2.38. The van der Waals surface area contributed by atoms with Crippen LogP contribution in [0.15, 0.2) is 102 Å². The van der Waals surface area contributed by atoms with Crippen molar-refractivity contribution in [3.05, 3.63) is 124 Å².